The number of ether oxygens (including phenoxy) is 4. The molecule has 1 spiro atoms. The number of benzene rings is 1. The first-order valence-corrected chi connectivity index (χ1v) is 12.1. The summed E-state index contributed by atoms with van der Waals surface area (Å²) in [6.07, 6.45) is -8.05. The Kier molecular flexibility index (Phi) is 5.14. The minimum absolute atomic E-state index is 0.0280. The molecular weight excluding hydrogens is 460 g/mol. The van der Waals surface area contributed by atoms with Gasteiger partial charge < -0.3 is 44.5 Å². The van der Waals surface area contributed by atoms with Crippen LogP contribution in [0.3, 0.4) is 0 Å². The second-order valence-corrected chi connectivity index (χ2v) is 10.9. The predicted molar refractivity (Wildman–Crippen MR) is 116 cm³/mol. The third kappa shape index (κ3) is 2.57. The molecule has 3 saturated carbocycles. The summed E-state index contributed by atoms with van der Waals surface area (Å²) < 4.78 is 24.5. The fourth-order valence-corrected chi connectivity index (χ4v) is 8.09. The number of hydrogen-bond donors (Lipinski definition) is 5. The molecule has 1 aromatic carbocycles. The van der Waals surface area contributed by atoms with Gasteiger partial charge in [0.05, 0.1) is 35.7 Å². The molecule has 192 valence electrons. The predicted octanol–water partition coefficient (Wildman–Crippen LogP) is -0.594. The SMILES string of the molecule is C[C@@H]1O[C@@]2(C)CC13C(=O)[C@@H]1C[C@@]2(O[C@@H]2OC(CO)[C@@H](O)[C@H](O)C2O)[C@@]13COC(O)c1ccccc1. The molecule has 12 atom stereocenters. The molecule has 5 aliphatic rings. The number of Topliss-reactive ketones (excluding diaryl/α,β-unsaturated/α-hetero) is 1. The molecule has 10 heteroatoms. The van der Waals surface area contributed by atoms with Crippen molar-refractivity contribution in [3.63, 3.8) is 0 Å². The molecule has 2 heterocycles. The Hall–Kier alpha value is -1.47. The van der Waals surface area contributed by atoms with Crippen molar-refractivity contribution in [3.8, 4) is 0 Å². The second-order valence-electron chi connectivity index (χ2n) is 10.9. The van der Waals surface area contributed by atoms with Gasteiger partial charge in [0.25, 0.3) is 0 Å². The lowest BCUT2D eigenvalue weighted by Crippen LogP contribution is -2.88. The van der Waals surface area contributed by atoms with Gasteiger partial charge >= 0.3 is 0 Å². The number of fused-ring (bicyclic) bond motifs is 2. The van der Waals surface area contributed by atoms with Gasteiger partial charge in [-0.2, -0.15) is 0 Å². The first kappa shape index (κ1) is 23.9. The molecule has 5 N–H and O–H groups in total. The minimum Gasteiger partial charge on any atom is -0.394 e. The first-order chi connectivity index (χ1) is 16.6. The Labute approximate surface area is 202 Å². The Morgan fingerprint density at radius 3 is 2.54 bits per heavy atom. The smallest absolute Gasteiger partial charge is 0.187 e. The molecule has 1 aromatic rings. The third-order valence-corrected chi connectivity index (χ3v) is 9.68. The Morgan fingerprint density at radius 2 is 1.86 bits per heavy atom. The van der Waals surface area contributed by atoms with Crippen LogP contribution in [0, 0.1) is 16.7 Å². The van der Waals surface area contributed by atoms with Gasteiger partial charge in [-0.05, 0) is 26.7 Å². The van der Waals surface area contributed by atoms with E-state index in [1.54, 1.807) is 24.3 Å². The van der Waals surface area contributed by atoms with Crippen molar-refractivity contribution in [2.45, 2.75) is 81.0 Å². The van der Waals surface area contributed by atoms with E-state index in [9.17, 15) is 30.3 Å². The number of carbonyl (C=O) groups excluding carboxylic acids is 1. The number of aliphatic hydroxyl groups is 5. The molecule has 2 aliphatic heterocycles. The second kappa shape index (κ2) is 7.53. The van der Waals surface area contributed by atoms with Crippen LogP contribution in [0.15, 0.2) is 30.3 Å². The summed E-state index contributed by atoms with van der Waals surface area (Å²) in [4.78, 5) is 13.4. The molecule has 3 aliphatic carbocycles. The highest BCUT2D eigenvalue weighted by molar-refractivity contribution is 6.01. The number of carbonyl (C=O) groups is 1. The van der Waals surface area contributed by atoms with Crippen molar-refractivity contribution in [2.75, 3.05) is 13.2 Å². The highest BCUT2D eigenvalue weighted by atomic mass is 16.7. The highest BCUT2D eigenvalue weighted by Gasteiger charge is 2.99. The molecule has 6 rings (SSSR count). The van der Waals surface area contributed by atoms with Crippen LogP contribution in [-0.2, 0) is 23.7 Å². The van der Waals surface area contributed by atoms with Crippen LogP contribution in [-0.4, -0.2) is 92.5 Å². The topological polar surface area (TPSA) is 155 Å². The van der Waals surface area contributed by atoms with Crippen molar-refractivity contribution in [1.29, 1.82) is 0 Å². The molecule has 35 heavy (non-hydrogen) atoms. The highest BCUT2D eigenvalue weighted by Crippen LogP contribution is 2.88. The van der Waals surface area contributed by atoms with Crippen LogP contribution in [0.2, 0.25) is 0 Å². The Balaban J connectivity index is 1.34. The quantitative estimate of drug-likeness (QED) is 0.312. The van der Waals surface area contributed by atoms with E-state index in [0.29, 0.717) is 18.4 Å². The van der Waals surface area contributed by atoms with E-state index in [2.05, 4.69) is 0 Å². The number of aliphatic hydroxyl groups excluding tert-OH is 5. The summed E-state index contributed by atoms with van der Waals surface area (Å²) >= 11 is 0. The molecule has 0 aromatic heterocycles. The first-order valence-electron chi connectivity index (χ1n) is 12.1. The van der Waals surface area contributed by atoms with E-state index in [4.69, 9.17) is 18.9 Å². The molecule has 0 amide bonds. The Bertz CT molecular complexity index is 1020. The van der Waals surface area contributed by atoms with Gasteiger partial charge in [-0.1, -0.05) is 30.3 Å². The lowest BCUT2D eigenvalue weighted by Gasteiger charge is -2.77. The fourth-order valence-electron chi connectivity index (χ4n) is 8.09. The molecule has 4 unspecified atom stereocenters. The summed E-state index contributed by atoms with van der Waals surface area (Å²) in [5, 5.41) is 51.5. The van der Waals surface area contributed by atoms with Crippen LogP contribution >= 0.6 is 0 Å². The van der Waals surface area contributed by atoms with E-state index in [0.717, 1.165) is 0 Å². The standard InChI is InChI=1S/C25H32O10/c1-12-23-10-22(2,34-12)25(35-21-18(29)17(28)16(27)15(9-26)33-21)8-14(19(23)30)24(23,25)11-32-20(31)13-6-4-3-5-7-13/h3-7,12,14-18,20-21,26-29,31H,8-11H2,1-2H3/t12-,14-,15?,16+,17-,18?,20?,21-,22-,23?,24-,25-/m0/s1. The summed E-state index contributed by atoms with van der Waals surface area (Å²) in [5.74, 6) is -0.263. The van der Waals surface area contributed by atoms with Gasteiger partial charge in [0.2, 0.25) is 0 Å². The Morgan fingerprint density at radius 1 is 1.14 bits per heavy atom. The molecule has 2 bridgehead atoms. The molecule has 10 nitrogen and oxygen atoms in total. The van der Waals surface area contributed by atoms with Crippen molar-refractivity contribution < 1.29 is 49.3 Å². The molecule has 0 radical (unpaired) electrons. The number of rotatable bonds is 7. The maximum absolute atomic E-state index is 13.4. The zero-order valence-corrected chi connectivity index (χ0v) is 19.6. The van der Waals surface area contributed by atoms with E-state index in [-0.39, 0.29) is 24.4 Å². The van der Waals surface area contributed by atoms with E-state index >= 15 is 0 Å². The van der Waals surface area contributed by atoms with E-state index in [1.807, 2.05) is 19.9 Å². The van der Waals surface area contributed by atoms with Crippen molar-refractivity contribution >= 4 is 5.78 Å². The van der Waals surface area contributed by atoms with Crippen LogP contribution in [0.1, 0.15) is 38.5 Å². The zero-order chi connectivity index (χ0) is 25.0. The fraction of sp³-hybridized carbons (Fsp3) is 0.720. The lowest BCUT2D eigenvalue weighted by molar-refractivity contribution is -0.432. The minimum atomic E-state index is -1.59. The van der Waals surface area contributed by atoms with Crippen LogP contribution < -0.4 is 0 Å². The van der Waals surface area contributed by atoms with Crippen molar-refractivity contribution in [2.24, 2.45) is 16.7 Å². The van der Waals surface area contributed by atoms with Crippen molar-refractivity contribution in [3.05, 3.63) is 35.9 Å². The lowest BCUT2D eigenvalue weighted by atomic mass is 9.30. The maximum atomic E-state index is 13.4. The molecular formula is C25H32O10. The summed E-state index contributed by atoms with van der Waals surface area (Å²) in [6, 6.07) is 8.93. The number of hydrogen-bond acceptors (Lipinski definition) is 10. The summed E-state index contributed by atoms with van der Waals surface area (Å²) in [5.41, 5.74) is -3.11. The largest absolute Gasteiger partial charge is 0.394 e. The van der Waals surface area contributed by atoms with Gasteiger partial charge in [-0.25, -0.2) is 0 Å². The summed E-state index contributed by atoms with van der Waals surface area (Å²) in [6.45, 7) is 3.19. The molecule has 2 saturated heterocycles. The summed E-state index contributed by atoms with van der Waals surface area (Å²) in [7, 11) is 0. The average molecular weight is 493 g/mol. The van der Waals surface area contributed by atoms with Gasteiger partial charge in [0.1, 0.15) is 35.8 Å². The van der Waals surface area contributed by atoms with Crippen LogP contribution in [0.5, 0.6) is 0 Å². The van der Waals surface area contributed by atoms with Gasteiger partial charge in [0, 0.05) is 11.5 Å². The third-order valence-electron chi connectivity index (χ3n) is 9.68. The van der Waals surface area contributed by atoms with Gasteiger partial charge in [-0.3, -0.25) is 4.79 Å². The van der Waals surface area contributed by atoms with Crippen LogP contribution in [0.25, 0.3) is 0 Å². The zero-order valence-electron chi connectivity index (χ0n) is 19.6. The monoisotopic (exact) mass is 492 g/mol. The molecule has 5 fully saturated rings. The van der Waals surface area contributed by atoms with Crippen molar-refractivity contribution in [1.82, 2.24) is 0 Å². The number of ketones is 1. The normalized spacial score (nSPS) is 52.5. The van der Waals surface area contributed by atoms with Crippen LogP contribution in [0.4, 0.5) is 0 Å². The van der Waals surface area contributed by atoms with Gasteiger partial charge in [0.15, 0.2) is 12.6 Å². The average Bonchev–Trinajstić information content (AvgIpc) is 3.15. The van der Waals surface area contributed by atoms with Gasteiger partial charge in [-0.15, -0.1) is 0 Å². The van der Waals surface area contributed by atoms with E-state index in [1.165, 1.54) is 0 Å². The maximum Gasteiger partial charge on any atom is 0.187 e. The van der Waals surface area contributed by atoms with E-state index < -0.39 is 65.6 Å².